The highest BCUT2D eigenvalue weighted by atomic mass is 79.9. The van der Waals surface area contributed by atoms with Gasteiger partial charge in [0.1, 0.15) is 5.15 Å². The number of rotatable bonds is 2. The second-order valence-electron chi connectivity index (χ2n) is 4.92. The second kappa shape index (κ2) is 5.77. The Labute approximate surface area is 126 Å². The standard InChI is InChI=1S/C13H16BrClN2O2/c1-6-7(2)19-8(3)11(6)13(18)17-9-4-10(14)12(15)16-5-9/h4-8,11H,1-3H3,(H,17,18). The quantitative estimate of drug-likeness (QED) is 0.833. The van der Waals surface area contributed by atoms with Gasteiger partial charge in [-0.1, -0.05) is 18.5 Å². The molecule has 0 spiro atoms. The molecule has 104 valence electrons. The lowest BCUT2D eigenvalue weighted by molar-refractivity contribution is -0.121. The fourth-order valence-corrected chi connectivity index (χ4v) is 2.89. The summed E-state index contributed by atoms with van der Waals surface area (Å²) in [7, 11) is 0. The molecule has 0 bridgehead atoms. The third kappa shape index (κ3) is 3.09. The molecule has 1 saturated heterocycles. The number of aromatic nitrogens is 1. The molecule has 6 heteroatoms. The minimum absolute atomic E-state index is 0.0413. The number of carbonyl (C=O) groups excluding carboxylic acids is 1. The maximum atomic E-state index is 12.3. The molecule has 2 rings (SSSR count). The number of amides is 1. The van der Waals surface area contributed by atoms with Crippen LogP contribution in [-0.2, 0) is 9.53 Å². The Morgan fingerprint density at radius 2 is 2.11 bits per heavy atom. The smallest absolute Gasteiger partial charge is 0.230 e. The summed E-state index contributed by atoms with van der Waals surface area (Å²) in [5.41, 5.74) is 0.625. The number of hydrogen-bond acceptors (Lipinski definition) is 3. The number of ether oxygens (including phenoxy) is 1. The fourth-order valence-electron chi connectivity index (χ4n) is 2.43. The summed E-state index contributed by atoms with van der Waals surface area (Å²) in [6, 6.07) is 1.74. The average molecular weight is 348 g/mol. The number of nitrogens with one attached hydrogen (secondary N) is 1. The van der Waals surface area contributed by atoms with E-state index in [2.05, 4.69) is 26.2 Å². The monoisotopic (exact) mass is 346 g/mol. The van der Waals surface area contributed by atoms with Crippen LogP contribution in [0.3, 0.4) is 0 Å². The van der Waals surface area contributed by atoms with Gasteiger partial charge in [0.05, 0.1) is 34.5 Å². The van der Waals surface area contributed by atoms with E-state index >= 15 is 0 Å². The van der Waals surface area contributed by atoms with E-state index in [1.807, 2.05) is 20.8 Å². The van der Waals surface area contributed by atoms with Crippen molar-refractivity contribution in [3.63, 3.8) is 0 Å². The summed E-state index contributed by atoms with van der Waals surface area (Å²) in [6.45, 7) is 5.96. The summed E-state index contributed by atoms with van der Waals surface area (Å²) >= 11 is 9.10. The van der Waals surface area contributed by atoms with Crippen LogP contribution in [0.25, 0.3) is 0 Å². The zero-order valence-electron chi connectivity index (χ0n) is 11.0. The third-order valence-electron chi connectivity index (χ3n) is 3.61. The molecule has 2 heterocycles. The molecule has 1 fully saturated rings. The second-order valence-corrected chi connectivity index (χ2v) is 6.13. The molecular weight excluding hydrogens is 332 g/mol. The predicted molar refractivity (Wildman–Crippen MR) is 78.2 cm³/mol. The van der Waals surface area contributed by atoms with Gasteiger partial charge in [-0.25, -0.2) is 4.98 Å². The van der Waals surface area contributed by atoms with Crippen LogP contribution in [-0.4, -0.2) is 23.1 Å². The van der Waals surface area contributed by atoms with Crippen molar-refractivity contribution in [1.82, 2.24) is 4.98 Å². The van der Waals surface area contributed by atoms with Crippen LogP contribution in [0.15, 0.2) is 16.7 Å². The minimum Gasteiger partial charge on any atom is -0.374 e. The largest absolute Gasteiger partial charge is 0.374 e. The van der Waals surface area contributed by atoms with Crippen molar-refractivity contribution in [2.24, 2.45) is 11.8 Å². The Hall–Kier alpha value is -0.650. The van der Waals surface area contributed by atoms with Gasteiger partial charge < -0.3 is 10.1 Å². The Kier molecular flexibility index (Phi) is 4.48. The molecule has 4 nitrogen and oxygen atoms in total. The summed E-state index contributed by atoms with van der Waals surface area (Å²) in [5.74, 6) is 0.00326. The van der Waals surface area contributed by atoms with Crippen LogP contribution in [0.4, 0.5) is 5.69 Å². The van der Waals surface area contributed by atoms with Crippen molar-refractivity contribution in [2.45, 2.75) is 33.0 Å². The van der Waals surface area contributed by atoms with Gasteiger partial charge in [-0.3, -0.25) is 4.79 Å². The minimum atomic E-state index is -0.149. The van der Waals surface area contributed by atoms with Gasteiger partial charge in [-0.05, 0) is 41.8 Å². The normalized spacial score (nSPS) is 30.4. The Morgan fingerprint density at radius 1 is 1.42 bits per heavy atom. The number of pyridine rings is 1. The molecule has 0 saturated carbocycles. The van der Waals surface area contributed by atoms with E-state index in [4.69, 9.17) is 16.3 Å². The van der Waals surface area contributed by atoms with Crippen LogP contribution in [0.1, 0.15) is 20.8 Å². The van der Waals surface area contributed by atoms with Gasteiger partial charge in [0.2, 0.25) is 5.91 Å². The molecule has 19 heavy (non-hydrogen) atoms. The summed E-state index contributed by atoms with van der Waals surface area (Å²) < 4.78 is 6.34. The maximum Gasteiger partial charge on any atom is 0.230 e. The first kappa shape index (κ1) is 14.8. The van der Waals surface area contributed by atoms with E-state index in [9.17, 15) is 4.79 Å². The number of halogens is 2. The van der Waals surface area contributed by atoms with E-state index in [1.54, 1.807) is 12.3 Å². The summed E-state index contributed by atoms with van der Waals surface area (Å²) in [4.78, 5) is 16.3. The van der Waals surface area contributed by atoms with Gasteiger partial charge in [0.25, 0.3) is 0 Å². The molecule has 0 aliphatic carbocycles. The molecule has 4 unspecified atom stereocenters. The first-order valence-corrected chi connectivity index (χ1v) is 7.34. The van der Waals surface area contributed by atoms with Crippen molar-refractivity contribution < 1.29 is 9.53 Å². The molecule has 1 aliphatic heterocycles. The van der Waals surface area contributed by atoms with Crippen molar-refractivity contribution in [3.05, 3.63) is 21.9 Å². The van der Waals surface area contributed by atoms with Crippen molar-refractivity contribution in [2.75, 3.05) is 5.32 Å². The van der Waals surface area contributed by atoms with E-state index in [0.717, 1.165) is 0 Å². The first-order valence-electron chi connectivity index (χ1n) is 6.17. The van der Waals surface area contributed by atoms with E-state index < -0.39 is 0 Å². The Bertz CT molecular complexity index is 498. The number of carbonyl (C=O) groups is 1. The maximum absolute atomic E-state index is 12.3. The van der Waals surface area contributed by atoms with Gasteiger partial charge in [-0.2, -0.15) is 0 Å². The first-order chi connectivity index (χ1) is 8.90. The van der Waals surface area contributed by atoms with Crippen molar-refractivity contribution in [3.8, 4) is 0 Å². The third-order valence-corrected chi connectivity index (χ3v) is 4.74. The van der Waals surface area contributed by atoms with E-state index in [-0.39, 0.29) is 30.0 Å². The number of hydrogen-bond donors (Lipinski definition) is 1. The van der Waals surface area contributed by atoms with Crippen LogP contribution in [0.5, 0.6) is 0 Å². The lowest BCUT2D eigenvalue weighted by atomic mass is 9.89. The lowest BCUT2D eigenvalue weighted by Gasteiger charge is -2.18. The molecule has 0 radical (unpaired) electrons. The molecule has 1 amide bonds. The highest BCUT2D eigenvalue weighted by molar-refractivity contribution is 9.10. The molecule has 1 aromatic rings. The van der Waals surface area contributed by atoms with E-state index in [0.29, 0.717) is 15.3 Å². The molecule has 1 aliphatic rings. The van der Waals surface area contributed by atoms with Crippen molar-refractivity contribution >= 4 is 39.1 Å². The molecule has 0 aromatic carbocycles. The predicted octanol–water partition coefficient (Wildman–Crippen LogP) is 3.50. The van der Waals surface area contributed by atoms with Crippen molar-refractivity contribution in [1.29, 1.82) is 0 Å². The topological polar surface area (TPSA) is 51.2 Å². The molecule has 4 atom stereocenters. The van der Waals surface area contributed by atoms with Crippen LogP contribution in [0.2, 0.25) is 5.15 Å². The highest BCUT2D eigenvalue weighted by Crippen LogP contribution is 2.33. The number of anilines is 1. The average Bonchev–Trinajstić information content (AvgIpc) is 2.58. The summed E-state index contributed by atoms with van der Waals surface area (Å²) in [6.07, 6.45) is 1.56. The fraction of sp³-hybridized carbons (Fsp3) is 0.538. The van der Waals surface area contributed by atoms with Gasteiger partial charge >= 0.3 is 0 Å². The number of nitrogens with zero attached hydrogens (tertiary/aromatic N) is 1. The molecular formula is C13H16BrClN2O2. The highest BCUT2D eigenvalue weighted by Gasteiger charge is 2.41. The van der Waals surface area contributed by atoms with Gasteiger partial charge in [0, 0.05) is 0 Å². The van der Waals surface area contributed by atoms with E-state index in [1.165, 1.54) is 0 Å². The van der Waals surface area contributed by atoms with Gasteiger partial charge in [0.15, 0.2) is 0 Å². The van der Waals surface area contributed by atoms with Crippen LogP contribution < -0.4 is 5.32 Å². The molecule has 1 N–H and O–H groups in total. The Balaban J connectivity index is 2.10. The SMILES string of the molecule is CC1OC(C)C(C(=O)Nc2cnc(Cl)c(Br)c2)C1C. The zero-order chi connectivity index (χ0) is 14.2. The molecule has 1 aromatic heterocycles. The van der Waals surface area contributed by atoms with Gasteiger partial charge in [-0.15, -0.1) is 0 Å². The van der Waals surface area contributed by atoms with Crippen LogP contribution >= 0.6 is 27.5 Å². The summed E-state index contributed by atoms with van der Waals surface area (Å²) in [5, 5.41) is 3.24. The Morgan fingerprint density at radius 3 is 2.63 bits per heavy atom. The van der Waals surface area contributed by atoms with Crippen LogP contribution in [0, 0.1) is 11.8 Å². The zero-order valence-corrected chi connectivity index (χ0v) is 13.3. The lowest BCUT2D eigenvalue weighted by Crippen LogP contribution is -2.32.